The van der Waals surface area contributed by atoms with Crippen LogP contribution in [0.1, 0.15) is 12.5 Å². The molecule has 0 aliphatic heterocycles. The van der Waals surface area contributed by atoms with Crippen LogP contribution in [0.5, 0.6) is 5.75 Å². The fraction of sp³-hybridized carbons (Fsp3) is 0.333. The fourth-order valence-corrected chi connectivity index (χ4v) is 2.25. The minimum atomic E-state index is 0.687. The molecule has 21 heavy (non-hydrogen) atoms. The number of ether oxygens (including phenoxy) is 1. The zero-order valence-electron chi connectivity index (χ0n) is 12.9. The van der Waals surface area contributed by atoms with Crippen molar-refractivity contribution >= 4 is 5.69 Å². The number of para-hydroxylation sites is 2. The SMILES string of the molecule is CCOc1ccccc1NCCN(C)Cc1ccccc1. The van der Waals surface area contributed by atoms with Gasteiger partial charge in [0.15, 0.2) is 0 Å². The Hall–Kier alpha value is -2.00. The molecular formula is C18H24N2O. The lowest BCUT2D eigenvalue weighted by molar-refractivity contribution is 0.335. The Morgan fingerprint density at radius 1 is 1.00 bits per heavy atom. The lowest BCUT2D eigenvalue weighted by Crippen LogP contribution is -2.24. The number of nitrogens with one attached hydrogen (secondary N) is 1. The first-order valence-electron chi connectivity index (χ1n) is 7.47. The Labute approximate surface area is 127 Å². The second-order valence-corrected chi connectivity index (χ2v) is 5.08. The summed E-state index contributed by atoms with van der Waals surface area (Å²) in [5.74, 6) is 0.922. The van der Waals surface area contributed by atoms with Crippen molar-refractivity contribution in [3.05, 3.63) is 60.2 Å². The van der Waals surface area contributed by atoms with Gasteiger partial charge in [-0.05, 0) is 31.7 Å². The van der Waals surface area contributed by atoms with E-state index in [1.165, 1.54) is 5.56 Å². The number of hydrogen-bond donors (Lipinski definition) is 1. The largest absolute Gasteiger partial charge is 0.492 e. The van der Waals surface area contributed by atoms with Gasteiger partial charge in [0, 0.05) is 19.6 Å². The maximum Gasteiger partial charge on any atom is 0.142 e. The third-order valence-electron chi connectivity index (χ3n) is 3.29. The first-order valence-corrected chi connectivity index (χ1v) is 7.47. The van der Waals surface area contributed by atoms with E-state index in [0.29, 0.717) is 6.61 Å². The summed E-state index contributed by atoms with van der Waals surface area (Å²) >= 11 is 0. The van der Waals surface area contributed by atoms with Crippen molar-refractivity contribution < 1.29 is 4.74 Å². The van der Waals surface area contributed by atoms with Crippen LogP contribution < -0.4 is 10.1 Å². The summed E-state index contributed by atoms with van der Waals surface area (Å²) in [6, 6.07) is 18.6. The van der Waals surface area contributed by atoms with Crippen LogP contribution in [0.4, 0.5) is 5.69 Å². The standard InChI is InChI=1S/C18H24N2O/c1-3-21-18-12-8-7-11-17(18)19-13-14-20(2)15-16-9-5-4-6-10-16/h4-12,19H,3,13-15H2,1-2H3. The van der Waals surface area contributed by atoms with E-state index in [0.717, 1.165) is 31.1 Å². The van der Waals surface area contributed by atoms with Gasteiger partial charge in [-0.3, -0.25) is 0 Å². The number of benzene rings is 2. The Kier molecular flexibility index (Phi) is 6.10. The molecule has 0 heterocycles. The third-order valence-corrected chi connectivity index (χ3v) is 3.29. The van der Waals surface area contributed by atoms with Crippen molar-refractivity contribution in [1.29, 1.82) is 0 Å². The van der Waals surface area contributed by atoms with Crippen molar-refractivity contribution in [2.24, 2.45) is 0 Å². The van der Waals surface area contributed by atoms with Crippen LogP contribution in [0, 0.1) is 0 Å². The Balaban J connectivity index is 1.79. The van der Waals surface area contributed by atoms with Gasteiger partial charge < -0.3 is 15.0 Å². The van der Waals surface area contributed by atoms with Gasteiger partial charge in [-0.15, -0.1) is 0 Å². The predicted octanol–water partition coefficient (Wildman–Crippen LogP) is 3.63. The molecule has 1 N–H and O–H groups in total. The maximum atomic E-state index is 5.61. The summed E-state index contributed by atoms with van der Waals surface area (Å²) < 4.78 is 5.61. The highest BCUT2D eigenvalue weighted by atomic mass is 16.5. The van der Waals surface area contributed by atoms with Gasteiger partial charge in [0.1, 0.15) is 5.75 Å². The topological polar surface area (TPSA) is 24.5 Å². The highest BCUT2D eigenvalue weighted by molar-refractivity contribution is 5.56. The Morgan fingerprint density at radius 2 is 1.71 bits per heavy atom. The molecule has 0 saturated heterocycles. The molecule has 0 fully saturated rings. The third kappa shape index (κ3) is 5.12. The van der Waals surface area contributed by atoms with Crippen LogP contribution in [0.3, 0.4) is 0 Å². The van der Waals surface area contributed by atoms with E-state index in [-0.39, 0.29) is 0 Å². The summed E-state index contributed by atoms with van der Waals surface area (Å²) in [5.41, 5.74) is 2.40. The summed E-state index contributed by atoms with van der Waals surface area (Å²) in [6.45, 7) is 5.54. The molecule has 0 unspecified atom stereocenters. The molecule has 0 aromatic heterocycles. The van der Waals surface area contributed by atoms with Crippen molar-refractivity contribution in [2.45, 2.75) is 13.5 Å². The average Bonchev–Trinajstić information content (AvgIpc) is 2.50. The van der Waals surface area contributed by atoms with Crippen molar-refractivity contribution in [3.8, 4) is 5.75 Å². The van der Waals surface area contributed by atoms with Crippen LogP contribution in [-0.4, -0.2) is 31.6 Å². The predicted molar refractivity (Wildman–Crippen MR) is 88.9 cm³/mol. The average molecular weight is 284 g/mol. The monoisotopic (exact) mass is 284 g/mol. The first-order chi connectivity index (χ1) is 10.3. The summed E-state index contributed by atoms with van der Waals surface area (Å²) in [5, 5.41) is 3.45. The zero-order valence-corrected chi connectivity index (χ0v) is 12.9. The van der Waals surface area contributed by atoms with E-state index in [2.05, 4.69) is 53.7 Å². The minimum absolute atomic E-state index is 0.687. The van der Waals surface area contributed by atoms with Crippen molar-refractivity contribution in [2.75, 3.05) is 32.1 Å². The second-order valence-electron chi connectivity index (χ2n) is 5.08. The molecule has 0 saturated carbocycles. The normalized spacial score (nSPS) is 10.6. The van der Waals surface area contributed by atoms with E-state index in [4.69, 9.17) is 4.74 Å². The number of nitrogens with zero attached hydrogens (tertiary/aromatic N) is 1. The molecule has 0 radical (unpaired) electrons. The summed E-state index contributed by atoms with van der Waals surface area (Å²) in [7, 11) is 2.14. The summed E-state index contributed by atoms with van der Waals surface area (Å²) in [4.78, 5) is 2.31. The van der Waals surface area contributed by atoms with Crippen LogP contribution in [0.15, 0.2) is 54.6 Å². The van der Waals surface area contributed by atoms with Gasteiger partial charge in [0.05, 0.1) is 12.3 Å². The Bertz CT molecular complexity index is 528. The summed E-state index contributed by atoms with van der Waals surface area (Å²) in [6.07, 6.45) is 0. The number of anilines is 1. The molecule has 0 amide bonds. The fourth-order valence-electron chi connectivity index (χ4n) is 2.25. The quantitative estimate of drug-likeness (QED) is 0.801. The molecule has 0 spiro atoms. The molecule has 0 aliphatic carbocycles. The highest BCUT2D eigenvalue weighted by Crippen LogP contribution is 2.23. The lowest BCUT2D eigenvalue weighted by atomic mass is 10.2. The van der Waals surface area contributed by atoms with E-state index in [1.807, 2.05) is 25.1 Å². The Morgan fingerprint density at radius 3 is 2.48 bits per heavy atom. The van der Waals surface area contributed by atoms with Crippen LogP contribution in [0.25, 0.3) is 0 Å². The van der Waals surface area contributed by atoms with Crippen LogP contribution in [-0.2, 0) is 6.54 Å². The molecule has 2 aromatic rings. The van der Waals surface area contributed by atoms with Gasteiger partial charge in [-0.1, -0.05) is 42.5 Å². The molecule has 2 aromatic carbocycles. The van der Waals surface area contributed by atoms with Crippen LogP contribution >= 0.6 is 0 Å². The van der Waals surface area contributed by atoms with E-state index < -0.39 is 0 Å². The zero-order chi connectivity index (χ0) is 14.9. The van der Waals surface area contributed by atoms with Gasteiger partial charge in [-0.2, -0.15) is 0 Å². The molecule has 0 aliphatic rings. The molecule has 0 bridgehead atoms. The van der Waals surface area contributed by atoms with Crippen molar-refractivity contribution in [3.63, 3.8) is 0 Å². The van der Waals surface area contributed by atoms with Crippen LogP contribution in [0.2, 0.25) is 0 Å². The van der Waals surface area contributed by atoms with Gasteiger partial charge >= 0.3 is 0 Å². The van der Waals surface area contributed by atoms with E-state index in [9.17, 15) is 0 Å². The van der Waals surface area contributed by atoms with Gasteiger partial charge in [0.2, 0.25) is 0 Å². The molecule has 112 valence electrons. The maximum absolute atomic E-state index is 5.61. The second kappa shape index (κ2) is 8.32. The molecule has 2 rings (SSSR count). The number of rotatable bonds is 8. The van der Waals surface area contributed by atoms with E-state index in [1.54, 1.807) is 0 Å². The molecule has 3 heteroatoms. The first kappa shape index (κ1) is 15.4. The molecule has 0 atom stereocenters. The van der Waals surface area contributed by atoms with Gasteiger partial charge in [0.25, 0.3) is 0 Å². The smallest absolute Gasteiger partial charge is 0.142 e. The molecule has 3 nitrogen and oxygen atoms in total. The minimum Gasteiger partial charge on any atom is -0.492 e. The van der Waals surface area contributed by atoms with E-state index >= 15 is 0 Å². The van der Waals surface area contributed by atoms with Gasteiger partial charge in [-0.25, -0.2) is 0 Å². The number of hydrogen-bond acceptors (Lipinski definition) is 3. The number of likely N-dealkylation sites (N-methyl/N-ethyl adjacent to an activating group) is 1. The highest BCUT2D eigenvalue weighted by Gasteiger charge is 2.03. The lowest BCUT2D eigenvalue weighted by Gasteiger charge is -2.18. The van der Waals surface area contributed by atoms with Crippen molar-refractivity contribution in [1.82, 2.24) is 4.90 Å². The molecular weight excluding hydrogens is 260 g/mol.